The Morgan fingerprint density at radius 3 is 2.55 bits per heavy atom. The van der Waals surface area contributed by atoms with E-state index < -0.39 is 0 Å². The third-order valence-electron chi connectivity index (χ3n) is 4.63. The minimum Gasteiger partial charge on any atom is -0.493 e. The van der Waals surface area contributed by atoms with E-state index in [1.165, 1.54) is 4.90 Å². The summed E-state index contributed by atoms with van der Waals surface area (Å²) >= 11 is 0.945. The van der Waals surface area contributed by atoms with Gasteiger partial charge in [-0.25, -0.2) is 4.90 Å². The molecule has 0 atom stereocenters. The monoisotopic (exact) mass is 411 g/mol. The topological polar surface area (TPSA) is 55.8 Å². The first-order valence-electron chi connectivity index (χ1n) is 9.60. The van der Waals surface area contributed by atoms with Gasteiger partial charge in [0.1, 0.15) is 0 Å². The molecule has 0 unspecified atom stereocenters. The van der Waals surface area contributed by atoms with Crippen molar-refractivity contribution in [1.82, 2.24) is 0 Å². The third-order valence-corrected chi connectivity index (χ3v) is 5.50. The third kappa shape index (κ3) is 4.65. The summed E-state index contributed by atoms with van der Waals surface area (Å²) in [6, 6.07) is 11.2. The molecule has 1 heterocycles. The Kier molecular flexibility index (Phi) is 6.64. The Labute approximate surface area is 175 Å². The lowest BCUT2D eigenvalue weighted by molar-refractivity contribution is -0.113. The lowest BCUT2D eigenvalue weighted by Crippen LogP contribution is -2.28. The second-order valence-corrected chi connectivity index (χ2v) is 7.91. The highest BCUT2D eigenvalue weighted by molar-refractivity contribution is 8.19. The molecule has 1 aliphatic heterocycles. The molecule has 2 aromatic carbocycles. The van der Waals surface area contributed by atoms with Crippen LogP contribution in [0.15, 0.2) is 41.3 Å². The molecule has 0 radical (unpaired) electrons. The lowest BCUT2D eigenvalue weighted by atomic mass is 10.1. The molecule has 2 aromatic rings. The highest BCUT2D eigenvalue weighted by atomic mass is 32.2. The number of amides is 2. The zero-order valence-electron chi connectivity index (χ0n) is 17.2. The Morgan fingerprint density at radius 1 is 1.07 bits per heavy atom. The van der Waals surface area contributed by atoms with Gasteiger partial charge in [-0.3, -0.25) is 9.59 Å². The highest BCUT2D eigenvalue weighted by Gasteiger charge is 2.37. The summed E-state index contributed by atoms with van der Waals surface area (Å²) in [6.07, 6.45) is 3.74. The van der Waals surface area contributed by atoms with Crippen LogP contribution in [0.4, 0.5) is 10.5 Å². The van der Waals surface area contributed by atoms with Crippen LogP contribution >= 0.6 is 11.8 Å². The standard InChI is InChI=1S/C23H25NO4S/c1-5-6-11-28-19-10-8-17(13-20(19)27-4)14-21-22(25)24(23(26)29-21)18-9-7-15(2)12-16(18)3/h7-10,12-14H,5-6,11H2,1-4H3/b21-14-. The first-order chi connectivity index (χ1) is 13.9. The van der Waals surface area contributed by atoms with Crippen molar-refractivity contribution in [3.63, 3.8) is 0 Å². The smallest absolute Gasteiger partial charge is 0.298 e. The number of carbonyl (C=O) groups excluding carboxylic acids is 2. The van der Waals surface area contributed by atoms with Crippen molar-refractivity contribution in [1.29, 1.82) is 0 Å². The fourth-order valence-electron chi connectivity index (χ4n) is 3.10. The van der Waals surface area contributed by atoms with Crippen molar-refractivity contribution < 1.29 is 19.1 Å². The number of nitrogens with zero attached hydrogens (tertiary/aromatic N) is 1. The maximum atomic E-state index is 12.9. The van der Waals surface area contributed by atoms with E-state index in [1.54, 1.807) is 13.2 Å². The van der Waals surface area contributed by atoms with E-state index in [4.69, 9.17) is 9.47 Å². The molecule has 0 spiro atoms. The molecular weight excluding hydrogens is 386 g/mol. The molecule has 1 saturated heterocycles. The number of ether oxygens (including phenoxy) is 2. The van der Waals surface area contributed by atoms with E-state index in [0.29, 0.717) is 28.7 Å². The fourth-order valence-corrected chi connectivity index (χ4v) is 3.94. The number of thioether (sulfide) groups is 1. The molecule has 0 bridgehead atoms. The van der Waals surface area contributed by atoms with Gasteiger partial charge in [-0.05, 0) is 67.4 Å². The van der Waals surface area contributed by atoms with Crippen LogP contribution in [0.3, 0.4) is 0 Å². The number of aryl methyl sites for hydroxylation is 2. The number of unbranched alkanes of at least 4 members (excludes halogenated alkanes) is 1. The molecule has 5 nitrogen and oxygen atoms in total. The molecule has 1 aliphatic rings. The molecule has 6 heteroatoms. The maximum absolute atomic E-state index is 12.9. The van der Waals surface area contributed by atoms with Crippen molar-refractivity contribution in [3.05, 3.63) is 58.0 Å². The second-order valence-electron chi connectivity index (χ2n) is 6.92. The van der Waals surface area contributed by atoms with Crippen LogP contribution in [0, 0.1) is 13.8 Å². The van der Waals surface area contributed by atoms with Crippen molar-refractivity contribution in [3.8, 4) is 11.5 Å². The van der Waals surface area contributed by atoms with Crippen LogP contribution in [0.1, 0.15) is 36.5 Å². The van der Waals surface area contributed by atoms with Crippen molar-refractivity contribution in [2.45, 2.75) is 33.6 Å². The van der Waals surface area contributed by atoms with E-state index in [2.05, 4.69) is 6.92 Å². The minimum absolute atomic E-state index is 0.292. The fraction of sp³-hybridized carbons (Fsp3) is 0.304. The number of hydrogen-bond donors (Lipinski definition) is 0. The quantitative estimate of drug-likeness (QED) is 0.430. The molecule has 29 heavy (non-hydrogen) atoms. The van der Waals surface area contributed by atoms with E-state index in [9.17, 15) is 9.59 Å². The van der Waals surface area contributed by atoms with Gasteiger partial charge in [0, 0.05) is 0 Å². The Bertz CT molecular complexity index is 967. The van der Waals surface area contributed by atoms with Crippen molar-refractivity contribution >= 4 is 34.7 Å². The van der Waals surface area contributed by atoms with E-state index in [-0.39, 0.29) is 11.1 Å². The summed E-state index contributed by atoms with van der Waals surface area (Å²) in [4.78, 5) is 27.1. The number of hydrogen-bond acceptors (Lipinski definition) is 5. The van der Waals surface area contributed by atoms with E-state index in [1.807, 2.05) is 50.2 Å². The summed E-state index contributed by atoms with van der Waals surface area (Å²) in [7, 11) is 1.58. The molecule has 3 rings (SSSR count). The van der Waals surface area contributed by atoms with Gasteiger partial charge < -0.3 is 9.47 Å². The SMILES string of the molecule is CCCCOc1ccc(/C=C2\SC(=O)N(c3ccc(C)cc3C)C2=O)cc1OC. The van der Waals surface area contributed by atoms with Gasteiger partial charge in [0.2, 0.25) is 0 Å². The Morgan fingerprint density at radius 2 is 1.86 bits per heavy atom. The van der Waals surface area contributed by atoms with Crippen LogP contribution in [0.25, 0.3) is 6.08 Å². The molecule has 0 aliphatic carbocycles. The number of benzene rings is 2. The minimum atomic E-state index is -0.311. The van der Waals surface area contributed by atoms with Crippen LogP contribution in [-0.2, 0) is 4.79 Å². The summed E-state index contributed by atoms with van der Waals surface area (Å²) in [5, 5.41) is -0.292. The van der Waals surface area contributed by atoms with E-state index >= 15 is 0 Å². The van der Waals surface area contributed by atoms with Crippen molar-refractivity contribution in [2.75, 3.05) is 18.6 Å². The largest absolute Gasteiger partial charge is 0.493 e. The number of imide groups is 1. The van der Waals surface area contributed by atoms with Gasteiger partial charge in [0.25, 0.3) is 11.1 Å². The zero-order valence-corrected chi connectivity index (χ0v) is 18.0. The number of methoxy groups -OCH3 is 1. The molecule has 1 fully saturated rings. The van der Waals surface area contributed by atoms with Crippen LogP contribution < -0.4 is 14.4 Å². The Balaban J connectivity index is 1.85. The molecule has 152 valence electrons. The van der Waals surface area contributed by atoms with Gasteiger partial charge in [-0.15, -0.1) is 0 Å². The van der Waals surface area contributed by atoms with Crippen LogP contribution in [-0.4, -0.2) is 24.9 Å². The van der Waals surface area contributed by atoms with Gasteiger partial charge in [-0.1, -0.05) is 37.1 Å². The first-order valence-corrected chi connectivity index (χ1v) is 10.4. The summed E-state index contributed by atoms with van der Waals surface area (Å²) in [5.41, 5.74) is 3.38. The normalized spacial score (nSPS) is 15.3. The van der Waals surface area contributed by atoms with Gasteiger partial charge in [0.15, 0.2) is 11.5 Å². The molecule has 0 aromatic heterocycles. The Hall–Kier alpha value is -2.73. The predicted molar refractivity (Wildman–Crippen MR) is 118 cm³/mol. The average Bonchev–Trinajstić information content (AvgIpc) is 2.96. The number of rotatable bonds is 7. The van der Waals surface area contributed by atoms with E-state index in [0.717, 1.165) is 41.3 Å². The van der Waals surface area contributed by atoms with Crippen molar-refractivity contribution in [2.24, 2.45) is 0 Å². The zero-order chi connectivity index (χ0) is 21.0. The highest BCUT2D eigenvalue weighted by Crippen LogP contribution is 2.38. The van der Waals surface area contributed by atoms with Crippen LogP contribution in [0.2, 0.25) is 0 Å². The lowest BCUT2D eigenvalue weighted by Gasteiger charge is -2.15. The summed E-state index contributed by atoms with van der Waals surface area (Å²) in [6.45, 7) is 6.61. The maximum Gasteiger partial charge on any atom is 0.298 e. The first kappa shape index (κ1) is 21.0. The van der Waals surface area contributed by atoms with Crippen LogP contribution in [0.5, 0.6) is 11.5 Å². The molecular formula is C23H25NO4S. The summed E-state index contributed by atoms with van der Waals surface area (Å²) < 4.78 is 11.2. The number of anilines is 1. The van der Waals surface area contributed by atoms with Gasteiger partial charge in [-0.2, -0.15) is 0 Å². The van der Waals surface area contributed by atoms with Gasteiger partial charge >= 0.3 is 0 Å². The molecule has 2 amide bonds. The average molecular weight is 412 g/mol. The number of carbonyl (C=O) groups is 2. The predicted octanol–water partition coefficient (Wildman–Crippen LogP) is 5.73. The van der Waals surface area contributed by atoms with Gasteiger partial charge in [0.05, 0.1) is 24.3 Å². The summed E-state index contributed by atoms with van der Waals surface area (Å²) in [5.74, 6) is 0.958. The second kappa shape index (κ2) is 9.18. The molecule has 0 N–H and O–H groups in total. The molecule has 0 saturated carbocycles.